The van der Waals surface area contributed by atoms with Gasteiger partial charge in [-0.15, -0.1) is 0 Å². The predicted octanol–water partition coefficient (Wildman–Crippen LogP) is 2.35. The van der Waals surface area contributed by atoms with Gasteiger partial charge >= 0.3 is 0 Å². The van der Waals surface area contributed by atoms with Crippen molar-refractivity contribution in [1.29, 1.82) is 0 Å². The monoisotopic (exact) mass is 343 g/mol. The van der Waals surface area contributed by atoms with Crippen LogP contribution in [-0.2, 0) is 0 Å². The standard InChI is InChI=1S/C15H14BrN5/c16-12-3-1-2-10-8-11-9-18-15(20-14(11)19-13(10)12)21-6-4-17-5-7-21/h1-3,8-9,17H,4-7H2. The highest BCUT2D eigenvalue weighted by Crippen LogP contribution is 2.25. The first-order valence-corrected chi connectivity index (χ1v) is 7.78. The minimum atomic E-state index is 0.748. The number of anilines is 1. The number of aromatic nitrogens is 3. The summed E-state index contributed by atoms with van der Waals surface area (Å²) in [6.45, 7) is 3.81. The van der Waals surface area contributed by atoms with Crippen molar-refractivity contribution in [2.24, 2.45) is 0 Å². The average molecular weight is 344 g/mol. The minimum Gasteiger partial charge on any atom is -0.338 e. The molecule has 0 radical (unpaired) electrons. The molecule has 0 saturated carbocycles. The Morgan fingerprint density at radius 1 is 1.10 bits per heavy atom. The smallest absolute Gasteiger partial charge is 0.227 e. The minimum absolute atomic E-state index is 0.748. The number of para-hydroxylation sites is 1. The summed E-state index contributed by atoms with van der Waals surface area (Å²) in [5.41, 5.74) is 1.69. The summed E-state index contributed by atoms with van der Waals surface area (Å²) in [5, 5.41) is 5.40. The van der Waals surface area contributed by atoms with Crippen LogP contribution in [0.4, 0.5) is 5.95 Å². The molecule has 0 aliphatic carbocycles. The summed E-state index contributed by atoms with van der Waals surface area (Å²) in [7, 11) is 0. The Labute approximate surface area is 130 Å². The number of fused-ring (bicyclic) bond motifs is 2. The molecule has 3 aromatic rings. The lowest BCUT2D eigenvalue weighted by molar-refractivity contribution is 0.580. The number of benzene rings is 1. The predicted molar refractivity (Wildman–Crippen MR) is 87.6 cm³/mol. The largest absolute Gasteiger partial charge is 0.338 e. The number of halogens is 1. The Bertz CT molecular complexity index is 814. The van der Waals surface area contributed by atoms with E-state index in [9.17, 15) is 0 Å². The van der Waals surface area contributed by atoms with Gasteiger partial charge in [-0.25, -0.2) is 9.97 Å². The van der Waals surface area contributed by atoms with Crippen molar-refractivity contribution in [1.82, 2.24) is 20.3 Å². The summed E-state index contributed by atoms with van der Waals surface area (Å²) < 4.78 is 0.990. The topological polar surface area (TPSA) is 53.9 Å². The summed E-state index contributed by atoms with van der Waals surface area (Å²) in [6, 6.07) is 8.15. The Kier molecular flexibility index (Phi) is 3.20. The Balaban J connectivity index is 1.86. The van der Waals surface area contributed by atoms with Crippen molar-refractivity contribution in [3.8, 4) is 0 Å². The van der Waals surface area contributed by atoms with Gasteiger partial charge in [-0.1, -0.05) is 12.1 Å². The van der Waals surface area contributed by atoms with Gasteiger partial charge in [0.2, 0.25) is 5.95 Å². The first-order chi connectivity index (χ1) is 10.3. The Hall–Kier alpha value is -1.79. The van der Waals surface area contributed by atoms with Gasteiger partial charge in [-0.3, -0.25) is 0 Å². The molecule has 5 nitrogen and oxygen atoms in total. The average Bonchev–Trinajstić information content (AvgIpc) is 2.54. The highest BCUT2D eigenvalue weighted by molar-refractivity contribution is 9.10. The number of rotatable bonds is 1. The molecule has 1 N–H and O–H groups in total. The number of nitrogens with one attached hydrogen (secondary N) is 1. The lowest BCUT2D eigenvalue weighted by Crippen LogP contribution is -2.44. The van der Waals surface area contributed by atoms with E-state index in [2.05, 4.69) is 48.2 Å². The second-order valence-electron chi connectivity index (χ2n) is 5.12. The Morgan fingerprint density at radius 2 is 1.95 bits per heavy atom. The van der Waals surface area contributed by atoms with E-state index in [1.54, 1.807) is 0 Å². The van der Waals surface area contributed by atoms with Crippen LogP contribution in [0.25, 0.3) is 21.9 Å². The summed E-state index contributed by atoms with van der Waals surface area (Å²) >= 11 is 3.55. The normalized spacial score (nSPS) is 15.8. The lowest BCUT2D eigenvalue weighted by atomic mass is 10.2. The number of hydrogen-bond donors (Lipinski definition) is 1. The fourth-order valence-electron chi connectivity index (χ4n) is 2.62. The molecule has 3 heterocycles. The second-order valence-corrected chi connectivity index (χ2v) is 5.97. The first-order valence-electron chi connectivity index (χ1n) is 6.99. The molecule has 0 amide bonds. The van der Waals surface area contributed by atoms with E-state index in [1.165, 1.54) is 0 Å². The first kappa shape index (κ1) is 12.9. The molecular weight excluding hydrogens is 330 g/mol. The van der Waals surface area contributed by atoms with Crippen molar-refractivity contribution in [3.05, 3.63) is 34.9 Å². The number of hydrogen-bond acceptors (Lipinski definition) is 5. The molecule has 106 valence electrons. The summed E-state index contributed by atoms with van der Waals surface area (Å²) in [4.78, 5) is 16.0. The van der Waals surface area contributed by atoms with E-state index in [1.807, 2.05) is 18.3 Å². The molecular formula is C15H14BrN5. The van der Waals surface area contributed by atoms with E-state index in [4.69, 9.17) is 4.98 Å². The van der Waals surface area contributed by atoms with E-state index in [-0.39, 0.29) is 0 Å². The van der Waals surface area contributed by atoms with Crippen molar-refractivity contribution in [2.75, 3.05) is 31.1 Å². The fourth-order valence-corrected chi connectivity index (χ4v) is 3.09. The highest BCUT2D eigenvalue weighted by Gasteiger charge is 2.14. The van der Waals surface area contributed by atoms with E-state index in [0.29, 0.717) is 0 Å². The van der Waals surface area contributed by atoms with Gasteiger partial charge in [-0.2, -0.15) is 4.98 Å². The van der Waals surface area contributed by atoms with Gasteiger partial charge < -0.3 is 10.2 Å². The van der Waals surface area contributed by atoms with Gasteiger partial charge in [0.15, 0.2) is 5.65 Å². The molecule has 0 atom stereocenters. The zero-order chi connectivity index (χ0) is 14.2. The molecule has 21 heavy (non-hydrogen) atoms. The molecule has 1 aliphatic heterocycles. The van der Waals surface area contributed by atoms with Gasteiger partial charge in [0.05, 0.1) is 5.52 Å². The van der Waals surface area contributed by atoms with Crippen LogP contribution in [0, 0.1) is 0 Å². The zero-order valence-corrected chi connectivity index (χ0v) is 13.0. The quantitative estimate of drug-likeness (QED) is 0.687. The molecule has 0 bridgehead atoms. The number of nitrogens with zero attached hydrogens (tertiary/aromatic N) is 4. The van der Waals surface area contributed by atoms with Crippen LogP contribution < -0.4 is 10.2 Å². The molecule has 1 aliphatic rings. The lowest BCUT2D eigenvalue weighted by Gasteiger charge is -2.27. The third-order valence-corrected chi connectivity index (χ3v) is 4.37. The van der Waals surface area contributed by atoms with Gasteiger partial charge in [0.25, 0.3) is 0 Å². The van der Waals surface area contributed by atoms with Crippen LogP contribution in [0.5, 0.6) is 0 Å². The maximum Gasteiger partial charge on any atom is 0.227 e. The van der Waals surface area contributed by atoms with E-state index < -0.39 is 0 Å². The third kappa shape index (κ3) is 2.34. The van der Waals surface area contributed by atoms with Crippen LogP contribution in [0.2, 0.25) is 0 Å². The fraction of sp³-hybridized carbons (Fsp3) is 0.267. The number of pyridine rings is 1. The maximum atomic E-state index is 4.69. The molecule has 1 fully saturated rings. The Morgan fingerprint density at radius 3 is 2.81 bits per heavy atom. The summed E-state index contributed by atoms with van der Waals surface area (Å²) in [5.74, 6) is 0.767. The molecule has 2 aromatic heterocycles. The van der Waals surface area contributed by atoms with Gasteiger partial charge in [-0.05, 0) is 28.1 Å². The summed E-state index contributed by atoms with van der Waals surface area (Å²) in [6.07, 6.45) is 1.87. The highest BCUT2D eigenvalue weighted by atomic mass is 79.9. The SMILES string of the molecule is Brc1cccc2cc3cnc(N4CCNCC4)nc3nc12. The molecule has 4 rings (SSSR count). The van der Waals surface area contributed by atoms with Gasteiger partial charge in [0, 0.05) is 47.6 Å². The molecule has 0 spiro atoms. The van der Waals surface area contributed by atoms with Crippen LogP contribution in [-0.4, -0.2) is 41.1 Å². The second kappa shape index (κ2) is 5.20. The molecule has 1 aromatic carbocycles. The van der Waals surface area contributed by atoms with E-state index in [0.717, 1.165) is 58.5 Å². The van der Waals surface area contributed by atoms with Crippen LogP contribution in [0.1, 0.15) is 0 Å². The third-order valence-electron chi connectivity index (χ3n) is 3.73. The van der Waals surface area contributed by atoms with E-state index >= 15 is 0 Å². The zero-order valence-electron chi connectivity index (χ0n) is 11.4. The molecule has 0 unspecified atom stereocenters. The van der Waals surface area contributed by atoms with Gasteiger partial charge in [0.1, 0.15) is 0 Å². The van der Waals surface area contributed by atoms with Crippen molar-refractivity contribution >= 4 is 43.8 Å². The molecule has 6 heteroatoms. The van der Waals surface area contributed by atoms with Crippen LogP contribution in [0.15, 0.2) is 34.9 Å². The van der Waals surface area contributed by atoms with Crippen molar-refractivity contribution < 1.29 is 0 Å². The van der Waals surface area contributed by atoms with Crippen molar-refractivity contribution in [2.45, 2.75) is 0 Å². The molecule has 1 saturated heterocycles. The van der Waals surface area contributed by atoms with Crippen LogP contribution >= 0.6 is 15.9 Å². The van der Waals surface area contributed by atoms with Crippen LogP contribution in [0.3, 0.4) is 0 Å². The van der Waals surface area contributed by atoms with Crippen molar-refractivity contribution in [3.63, 3.8) is 0 Å². The number of piperazine rings is 1. The maximum absolute atomic E-state index is 4.69.